The Hall–Kier alpha value is -1.66. The van der Waals surface area contributed by atoms with E-state index in [1.807, 2.05) is 0 Å². The average Bonchev–Trinajstić information content (AvgIpc) is 2.13. The fourth-order valence-electron chi connectivity index (χ4n) is 1.35. The van der Waals surface area contributed by atoms with Gasteiger partial charge in [0.25, 0.3) is 6.43 Å². The van der Waals surface area contributed by atoms with E-state index in [1.54, 1.807) is 0 Å². The maximum Gasteiger partial charge on any atom is 0.420 e. The van der Waals surface area contributed by atoms with Crippen molar-refractivity contribution in [3.63, 3.8) is 0 Å². The van der Waals surface area contributed by atoms with Gasteiger partial charge in [-0.05, 0) is 19.1 Å². The van der Waals surface area contributed by atoms with E-state index >= 15 is 0 Å². The minimum Gasteiger partial charge on any atom is -0.507 e. The first-order chi connectivity index (χ1) is 7.64. The number of Topliss-reactive ketones (excluding diaryl/α,β-unsaturated/α-hetero) is 1. The SMILES string of the molecule is CC(=O)c1cc(C(F)F)cc(O)c1C(F)(F)F. The van der Waals surface area contributed by atoms with Crippen molar-refractivity contribution in [1.29, 1.82) is 0 Å². The zero-order valence-corrected chi connectivity index (χ0v) is 8.48. The molecule has 17 heavy (non-hydrogen) atoms. The van der Waals surface area contributed by atoms with E-state index in [4.69, 9.17) is 5.11 Å². The molecule has 0 saturated carbocycles. The van der Waals surface area contributed by atoms with Gasteiger partial charge in [-0.3, -0.25) is 4.79 Å². The molecular weight excluding hydrogens is 247 g/mol. The minimum atomic E-state index is -4.98. The Labute approximate surface area is 92.7 Å². The number of ketones is 1. The van der Waals surface area contributed by atoms with Crippen LogP contribution in [0.2, 0.25) is 0 Å². The van der Waals surface area contributed by atoms with Gasteiger partial charge in [0.1, 0.15) is 11.3 Å². The number of benzene rings is 1. The molecule has 0 aliphatic heterocycles. The molecule has 94 valence electrons. The molecular formula is C10H7F5O2. The Morgan fingerprint density at radius 2 is 1.82 bits per heavy atom. The maximum absolute atomic E-state index is 12.5. The standard InChI is InChI=1S/C10H7F5O2/c1-4(16)6-2-5(9(11)12)3-7(17)8(6)10(13,14)15/h2-3,9,17H,1H3. The van der Waals surface area contributed by atoms with E-state index in [1.165, 1.54) is 0 Å². The summed E-state index contributed by atoms with van der Waals surface area (Å²) in [5.74, 6) is -2.42. The molecule has 0 radical (unpaired) electrons. The first-order valence-electron chi connectivity index (χ1n) is 4.37. The van der Waals surface area contributed by atoms with Crippen LogP contribution in [0.4, 0.5) is 22.0 Å². The van der Waals surface area contributed by atoms with Crippen LogP contribution in [0.5, 0.6) is 5.75 Å². The van der Waals surface area contributed by atoms with Gasteiger partial charge in [-0.2, -0.15) is 13.2 Å². The number of hydrogen-bond donors (Lipinski definition) is 1. The maximum atomic E-state index is 12.5. The van der Waals surface area contributed by atoms with Crippen molar-refractivity contribution < 1.29 is 31.9 Å². The highest BCUT2D eigenvalue weighted by Crippen LogP contribution is 2.40. The van der Waals surface area contributed by atoms with Crippen LogP contribution in [0.3, 0.4) is 0 Å². The third-order valence-corrected chi connectivity index (χ3v) is 2.05. The van der Waals surface area contributed by atoms with E-state index in [-0.39, 0.29) is 0 Å². The molecule has 0 atom stereocenters. The molecule has 0 amide bonds. The number of phenols is 1. The summed E-state index contributed by atoms with van der Waals surface area (Å²) in [6.07, 6.45) is -8.05. The number of hydrogen-bond acceptors (Lipinski definition) is 2. The summed E-state index contributed by atoms with van der Waals surface area (Å²) >= 11 is 0. The van der Waals surface area contributed by atoms with Crippen LogP contribution >= 0.6 is 0 Å². The lowest BCUT2D eigenvalue weighted by molar-refractivity contribution is -0.139. The molecule has 0 fully saturated rings. The molecule has 7 heteroatoms. The summed E-state index contributed by atoms with van der Waals surface area (Å²) in [5.41, 5.74) is -3.39. The molecule has 1 aromatic rings. The van der Waals surface area contributed by atoms with E-state index in [0.717, 1.165) is 6.92 Å². The quantitative estimate of drug-likeness (QED) is 0.647. The molecule has 1 N–H and O–H groups in total. The number of halogens is 5. The van der Waals surface area contributed by atoms with Gasteiger partial charge in [-0.25, -0.2) is 8.78 Å². The number of carbonyl (C=O) groups excluding carboxylic acids is 1. The van der Waals surface area contributed by atoms with Crippen LogP contribution in [0.25, 0.3) is 0 Å². The van der Waals surface area contributed by atoms with Gasteiger partial charge in [-0.15, -0.1) is 0 Å². The van der Waals surface area contributed by atoms with Gasteiger partial charge in [0.05, 0.1) is 0 Å². The zero-order chi connectivity index (χ0) is 13.4. The second kappa shape index (κ2) is 4.31. The summed E-state index contributed by atoms with van der Waals surface area (Å²) in [6.45, 7) is 0.805. The van der Waals surface area contributed by atoms with Crippen molar-refractivity contribution in [2.75, 3.05) is 0 Å². The van der Waals surface area contributed by atoms with Crippen molar-refractivity contribution in [2.24, 2.45) is 0 Å². The van der Waals surface area contributed by atoms with Gasteiger partial charge in [0.2, 0.25) is 0 Å². The number of phenolic OH excluding ortho intramolecular Hbond substituents is 1. The molecule has 1 rings (SSSR count). The molecule has 0 saturated heterocycles. The van der Waals surface area contributed by atoms with Crippen molar-refractivity contribution in [3.05, 3.63) is 28.8 Å². The number of aromatic hydroxyl groups is 1. The first kappa shape index (κ1) is 13.4. The van der Waals surface area contributed by atoms with Gasteiger partial charge in [-0.1, -0.05) is 0 Å². The predicted octanol–water partition coefficient (Wildman–Crippen LogP) is 3.55. The number of rotatable bonds is 2. The second-order valence-corrected chi connectivity index (χ2v) is 3.32. The zero-order valence-electron chi connectivity index (χ0n) is 8.48. The molecule has 0 bridgehead atoms. The van der Waals surface area contributed by atoms with Crippen LogP contribution in [0.1, 0.15) is 34.8 Å². The molecule has 0 aliphatic carbocycles. The second-order valence-electron chi connectivity index (χ2n) is 3.32. The Bertz CT molecular complexity index is 451. The molecule has 0 spiro atoms. The highest BCUT2D eigenvalue weighted by Gasteiger charge is 2.38. The highest BCUT2D eigenvalue weighted by atomic mass is 19.4. The molecule has 0 aromatic heterocycles. The monoisotopic (exact) mass is 254 g/mol. The minimum absolute atomic E-state index is 0.305. The van der Waals surface area contributed by atoms with E-state index in [2.05, 4.69) is 0 Å². The highest BCUT2D eigenvalue weighted by molar-refractivity contribution is 5.96. The first-order valence-corrected chi connectivity index (χ1v) is 4.37. The fraction of sp³-hybridized carbons (Fsp3) is 0.300. The molecule has 0 aliphatic rings. The Kier molecular flexibility index (Phi) is 3.40. The van der Waals surface area contributed by atoms with Crippen LogP contribution in [0.15, 0.2) is 12.1 Å². The lowest BCUT2D eigenvalue weighted by Crippen LogP contribution is -2.13. The van der Waals surface area contributed by atoms with Crippen LogP contribution in [0, 0.1) is 0 Å². The average molecular weight is 254 g/mol. The lowest BCUT2D eigenvalue weighted by Gasteiger charge is -2.14. The number of alkyl halides is 5. The third kappa shape index (κ3) is 2.72. The van der Waals surface area contributed by atoms with E-state index in [9.17, 15) is 26.7 Å². The van der Waals surface area contributed by atoms with Crippen molar-refractivity contribution >= 4 is 5.78 Å². The fourth-order valence-corrected chi connectivity index (χ4v) is 1.35. The topological polar surface area (TPSA) is 37.3 Å². The van der Waals surface area contributed by atoms with E-state index in [0.29, 0.717) is 12.1 Å². The van der Waals surface area contributed by atoms with Gasteiger partial charge in [0, 0.05) is 11.1 Å². The number of carbonyl (C=O) groups is 1. The molecule has 0 unspecified atom stereocenters. The van der Waals surface area contributed by atoms with Crippen LogP contribution in [-0.4, -0.2) is 10.9 Å². The van der Waals surface area contributed by atoms with Crippen molar-refractivity contribution in [1.82, 2.24) is 0 Å². The Balaban J connectivity index is 3.56. The molecule has 2 nitrogen and oxygen atoms in total. The lowest BCUT2D eigenvalue weighted by atomic mass is 9.99. The van der Waals surface area contributed by atoms with Gasteiger partial charge in [0.15, 0.2) is 5.78 Å². The Morgan fingerprint density at radius 1 is 1.29 bits per heavy atom. The van der Waals surface area contributed by atoms with Gasteiger partial charge < -0.3 is 5.11 Å². The predicted molar refractivity (Wildman–Crippen MR) is 48.1 cm³/mol. The normalized spacial score (nSPS) is 11.9. The Morgan fingerprint density at radius 3 is 2.18 bits per heavy atom. The largest absolute Gasteiger partial charge is 0.507 e. The van der Waals surface area contributed by atoms with E-state index < -0.39 is 40.8 Å². The van der Waals surface area contributed by atoms with Crippen molar-refractivity contribution in [3.8, 4) is 5.75 Å². The third-order valence-electron chi connectivity index (χ3n) is 2.05. The van der Waals surface area contributed by atoms with Crippen LogP contribution < -0.4 is 0 Å². The molecule has 1 aromatic carbocycles. The summed E-state index contributed by atoms with van der Waals surface area (Å²) in [7, 11) is 0. The summed E-state index contributed by atoms with van der Waals surface area (Å²) < 4.78 is 62.1. The molecule has 0 heterocycles. The van der Waals surface area contributed by atoms with Crippen molar-refractivity contribution in [2.45, 2.75) is 19.5 Å². The summed E-state index contributed by atoms with van der Waals surface area (Å²) in [5, 5.41) is 9.10. The van der Waals surface area contributed by atoms with Gasteiger partial charge >= 0.3 is 6.18 Å². The summed E-state index contributed by atoms with van der Waals surface area (Å²) in [4.78, 5) is 11.0. The van der Waals surface area contributed by atoms with Crippen LogP contribution in [-0.2, 0) is 6.18 Å². The summed E-state index contributed by atoms with van der Waals surface area (Å²) in [6, 6.07) is 0.746. The smallest absolute Gasteiger partial charge is 0.420 e.